The molecule has 0 radical (unpaired) electrons. The second-order valence-corrected chi connectivity index (χ2v) is 7.65. The molecule has 0 bridgehead atoms. The van der Waals surface area contributed by atoms with Gasteiger partial charge in [-0.05, 0) is 37.9 Å². The molecular formula is C17H21ClN2O3S. The van der Waals surface area contributed by atoms with E-state index in [2.05, 4.69) is 4.72 Å². The fraction of sp³-hybridized carbons (Fsp3) is 0.294. The van der Waals surface area contributed by atoms with Gasteiger partial charge in [0, 0.05) is 17.6 Å². The highest BCUT2D eigenvalue weighted by molar-refractivity contribution is 7.89. The normalized spacial score (nSPS) is 13.0. The highest BCUT2D eigenvalue weighted by atomic mass is 35.5. The molecule has 0 heterocycles. The van der Waals surface area contributed by atoms with Crippen molar-refractivity contribution in [2.24, 2.45) is 0 Å². The molecule has 7 heteroatoms. The third-order valence-corrected chi connectivity index (χ3v) is 5.52. The van der Waals surface area contributed by atoms with E-state index in [4.69, 9.17) is 16.3 Å². The number of hydrogen-bond donors (Lipinski definition) is 1. The summed E-state index contributed by atoms with van der Waals surface area (Å²) in [4.78, 5) is 2.04. The van der Waals surface area contributed by atoms with Gasteiger partial charge in [0.25, 0.3) is 0 Å². The Kier molecular flexibility index (Phi) is 6.23. The number of sulfonamides is 1. The van der Waals surface area contributed by atoms with Crippen molar-refractivity contribution in [1.82, 2.24) is 9.62 Å². The summed E-state index contributed by atoms with van der Waals surface area (Å²) >= 11 is 6.25. The Morgan fingerprint density at radius 3 is 2.38 bits per heavy atom. The van der Waals surface area contributed by atoms with Crippen molar-refractivity contribution in [2.45, 2.75) is 10.9 Å². The molecule has 0 aromatic heterocycles. The van der Waals surface area contributed by atoms with E-state index in [1.54, 1.807) is 24.3 Å². The molecule has 0 spiro atoms. The summed E-state index contributed by atoms with van der Waals surface area (Å²) < 4.78 is 33.0. The summed E-state index contributed by atoms with van der Waals surface area (Å²) in [5, 5.41) is 0.604. The zero-order valence-electron chi connectivity index (χ0n) is 13.9. The third-order valence-electron chi connectivity index (χ3n) is 3.71. The maximum absolute atomic E-state index is 12.6. The molecule has 0 aliphatic heterocycles. The predicted octanol–water partition coefficient (Wildman–Crippen LogP) is 2.93. The fourth-order valence-electron chi connectivity index (χ4n) is 2.42. The first kappa shape index (κ1) is 18.7. The van der Waals surface area contributed by atoms with Crippen molar-refractivity contribution in [3.05, 3.63) is 59.1 Å². The molecule has 0 aliphatic carbocycles. The summed E-state index contributed by atoms with van der Waals surface area (Å²) in [6.07, 6.45) is 0. The molecule has 0 aliphatic rings. The fourth-order valence-corrected chi connectivity index (χ4v) is 3.89. The van der Waals surface area contributed by atoms with Crippen LogP contribution in [0.5, 0.6) is 5.75 Å². The van der Waals surface area contributed by atoms with Crippen LogP contribution in [0.25, 0.3) is 0 Å². The molecule has 1 N–H and O–H groups in total. The SMILES string of the molecule is COc1ccccc1S(=O)(=O)NC[C@@H](c1ccccc1Cl)N(C)C. The first-order chi connectivity index (χ1) is 11.4. The summed E-state index contributed by atoms with van der Waals surface area (Å²) in [7, 11) is 1.51. The number of benzene rings is 2. The average molecular weight is 369 g/mol. The number of methoxy groups -OCH3 is 1. The van der Waals surface area contributed by atoms with E-state index in [0.29, 0.717) is 10.8 Å². The lowest BCUT2D eigenvalue weighted by Gasteiger charge is -2.26. The molecule has 130 valence electrons. The number of nitrogens with one attached hydrogen (secondary N) is 1. The van der Waals surface area contributed by atoms with Crippen molar-refractivity contribution in [2.75, 3.05) is 27.7 Å². The van der Waals surface area contributed by atoms with Crippen LogP contribution in [0.3, 0.4) is 0 Å². The molecule has 2 aromatic carbocycles. The summed E-state index contributed by atoms with van der Waals surface area (Å²) in [6, 6.07) is 13.7. The third kappa shape index (κ3) is 4.27. The minimum Gasteiger partial charge on any atom is -0.495 e. The van der Waals surface area contributed by atoms with Crippen LogP contribution in [0.15, 0.2) is 53.4 Å². The molecule has 0 unspecified atom stereocenters. The molecule has 1 atom stereocenters. The number of para-hydroxylation sites is 1. The van der Waals surface area contributed by atoms with Crippen molar-refractivity contribution >= 4 is 21.6 Å². The molecule has 5 nitrogen and oxygen atoms in total. The first-order valence-electron chi connectivity index (χ1n) is 7.40. The Labute approximate surface area is 148 Å². The van der Waals surface area contributed by atoms with E-state index in [0.717, 1.165) is 5.56 Å². The molecule has 0 amide bonds. The van der Waals surface area contributed by atoms with Crippen LogP contribution in [0.4, 0.5) is 0 Å². The van der Waals surface area contributed by atoms with Crippen molar-refractivity contribution < 1.29 is 13.2 Å². The maximum atomic E-state index is 12.6. The van der Waals surface area contributed by atoms with E-state index >= 15 is 0 Å². The standard InChI is InChI=1S/C17H21ClN2O3S/c1-20(2)15(13-8-4-5-9-14(13)18)12-19-24(21,22)17-11-7-6-10-16(17)23-3/h4-11,15,19H,12H2,1-3H3/t15-/m0/s1. The molecule has 0 saturated carbocycles. The lowest BCUT2D eigenvalue weighted by atomic mass is 10.1. The van der Waals surface area contributed by atoms with Crippen LogP contribution >= 0.6 is 11.6 Å². The van der Waals surface area contributed by atoms with Gasteiger partial charge in [-0.2, -0.15) is 0 Å². The average Bonchev–Trinajstić information content (AvgIpc) is 2.56. The lowest BCUT2D eigenvalue weighted by molar-refractivity contribution is 0.299. The minimum absolute atomic E-state index is 0.115. The summed E-state index contributed by atoms with van der Waals surface area (Å²) in [6.45, 7) is 0.192. The number of rotatable bonds is 7. The molecule has 24 heavy (non-hydrogen) atoms. The van der Waals surface area contributed by atoms with Crippen LogP contribution in [0.1, 0.15) is 11.6 Å². The van der Waals surface area contributed by atoms with Gasteiger partial charge in [0.1, 0.15) is 10.6 Å². The van der Waals surface area contributed by atoms with Gasteiger partial charge >= 0.3 is 0 Å². The Hall–Kier alpha value is -1.60. The highest BCUT2D eigenvalue weighted by Crippen LogP contribution is 2.27. The van der Waals surface area contributed by atoms with E-state index in [-0.39, 0.29) is 17.5 Å². The monoisotopic (exact) mass is 368 g/mol. The van der Waals surface area contributed by atoms with E-state index in [9.17, 15) is 8.42 Å². The molecule has 0 fully saturated rings. The molecule has 0 saturated heterocycles. The number of nitrogens with zero attached hydrogens (tertiary/aromatic N) is 1. The van der Waals surface area contributed by atoms with Gasteiger partial charge in [-0.15, -0.1) is 0 Å². The van der Waals surface area contributed by atoms with E-state index in [1.807, 2.05) is 37.2 Å². The van der Waals surface area contributed by atoms with Crippen molar-refractivity contribution in [3.63, 3.8) is 0 Å². The number of hydrogen-bond acceptors (Lipinski definition) is 4. The smallest absolute Gasteiger partial charge is 0.244 e. The summed E-state index contributed by atoms with van der Waals surface area (Å²) in [5.74, 6) is 0.309. The second-order valence-electron chi connectivity index (χ2n) is 5.50. The van der Waals surface area contributed by atoms with Crippen molar-refractivity contribution in [1.29, 1.82) is 0 Å². The largest absolute Gasteiger partial charge is 0.495 e. The van der Waals surface area contributed by atoms with Crippen molar-refractivity contribution in [3.8, 4) is 5.75 Å². The van der Waals surface area contributed by atoms with Gasteiger partial charge in [0.2, 0.25) is 10.0 Å². The molecular weight excluding hydrogens is 348 g/mol. The van der Waals surface area contributed by atoms with Crippen LogP contribution in [-0.4, -0.2) is 41.1 Å². The van der Waals surface area contributed by atoms with Gasteiger partial charge in [-0.25, -0.2) is 13.1 Å². The van der Waals surface area contributed by atoms with E-state index < -0.39 is 10.0 Å². The van der Waals surface area contributed by atoms with Crippen LogP contribution in [0.2, 0.25) is 5.02 Å². The van der Waals surface area contributed by atoms with Crippen LogP contribution < -0.4 is 9.46 Å². The van der Waals surface area contributed by atoms with Gasteiger partial charge in [0.05, 0.1) is 7.11 Å². The Bertz CT molecular complexity index is 794. The number of likely N-dealkylation sites (N-methyl/N-ethyl adjacent to an activating group) is 1. The van der Waals surface area contributed by atoms with E-state index in [1.165, 1.54) is 13.2 Å². The zero-order chi connectivity index (χ0) is 17.7. The molecule has 2 rings (SSSR count). The predicted molar refractivity (Wildman–Crippen MR) is 96.1 cm³/mol. The first-order valence-corrected chi connectivity index (χ1v) is 9.26. The Morgan fingerprint density at radius 2 is 1.75 bits per heavy atom. The molecule has 2 aromatic rings. The lowest BCUT2D eigenvalue weighted by Crippen LogP contribution is -2.34. The Balaban J connectivity index is 2.25. The van der Waals surface area contributed by atoms with Gasteiger partial charge in [-0.1, -0.05) is 41.9 Å². The maximum Gasteiger partial charge on any atom is 0.244 e. The highest BCUT2D eigenvalue weighted by Gasteiger charge is 2.23. The number of halogens is 1. The quantitative estimate of drug-likeness (QED) is 0.816. The van der Waals surface area contributed by atoms with Gasteiger partial charge in [-0.3, -0.25) is 0 Å². The van der Waals surface area contributed by atoms with Gasteiger partial charge < -0.3 is 9.64 Å². The number of ether oxygens (including phenoxy) is 1. The van der Waals surface area contributed by atoms with Gasteiger partial charge in [0.15, 0.2) is 0 Å². The minimum atomic E-state index is -3.70. The van der Waals surface area contributed by atoms with Crippen LogP contribution in [0, 0.1) is 0 Å². The topological polar surface area (TPSA) is 58.6 Å². The van der Waals surface area contributed by atoms with Crippen LogP contribution in [-0.2, 0) is 10.0 Å². The zero-order valence-corrected chi connectivity index (χ0v) is 15.4. The Morgan fingerprint density at radius 1 is 1.12 bits per heavy atom. The second kappa shape index (κ2) is 7.98. The summed E-state index contributed by atoms with van der Waals surface area (Å²) in [5.41, 5.74) is 0.867.